The van der Waals surface area contributed by atoms with Crippen LogP contribution in [0.1, 0.15) is 32.3 Å². The summed E-state index contributed by atoms with van der Waals surface area (Å²) in [5.41, 5.74) is 1.46. The summed E-state index contributed by atoms with van der Waals surface area (Å²) in [5.74, 6) is 0.891. The molecule has 0 saturated carbocycles. The second-order valence-electron chi connectivity index (χ2n) is 4.69. The predicted molar refractivity (Wildman–Crippen MR) is 83.2 cm³/mol. The Morgan fingerprint density at radius 1 is 1.17 bits per heavy atom. The molecule has 0 aliphatic heterocycles. The van der Waals surface area contributed by atoms with Crippen LogP contribution in [0.5, 0.6) is 0 Å². The molecule has 0 fully saturated rings. The van der Waals surface area contributed by atoms with Gasteiger partial charge in [-0.3, -0.25) is 0 Å². The number of thiol groups is 1. The zero-order chi connectivity index (χ0) is 13.3. The van der Waals surface area contributed by atoms with Crippen molar-refractivity contribution in [2.45, 2.75) is 26.7 Å². The van der Waals surface area contributed by atoms with Gasteiger partial charge in [0, 0.05) is 5.41 Å². The fourth-order valence-corrected chi connectivity index (χ4v) is 2.35. The first-order chi connectivity index (χ1) is 8.76. The van der Waals surface area contributed by atoms with Gasteiger partial charge in [0.2, 0.25) is 0 Å². The lowest BCUT2D eigenvalue weighted by molar-refractivity contribution is 0.0682. The lowest BCUT2D eigenvalue weighted by Gasteiger charge is -2.29. The van der Waals surface area contributed by atoms with Crippen molar-refractivity contribution >= 4 is 18.7 Å². The molecule has 0 radical (unpaired) electrons. The summed E-state index contributed by atoms with van der Waals surface area (Å²) in [7, 11) is 0. The fraction of sp³-hybridized carbons (Fsp3) is 0.500. The highest BCUT2D eigenvalue weighted by Crippen LogP contribution is 2.27. The molecular formula is C16H24OS. The number of ether oxygens (including phenoxy) is 1. The van der Waals surface area contributed by atoms with Crippen LogP contribution < -0.4 is 0 Å². The quantitative estimate of drug-likeness (QED) is 0.539. The zero-order valence-electron chi connectivity index (χ0n) is 11.4. The maximum Gasteiger partial charge on any atom is 0.0650 e. The molecule has 0 saturated heterocycles. The third-order valence-electron chi connectivity index (χ3n) is 3.57. The highest BCUT2D eigenvalue weighted by Gasteiger charge is 2.24. The lowest BCUT2D eigenvalue weighted by atomic mass is 9.85. The van der Waals surface area contributed by atoms with Gasteiger partial charge in [-0.2, -0.15) is 12.6 Å². The average Bonchev–Trinajstić information content (AvgIpc) is 2.45. The minimum absolute atomic E-state index is 0.240. The van der Waals surface area contributed by atoms with E-state index in [1.807, 2.05) is 18.2 Å². The van der Waals surface area contributed by atoms with Crippen molar-refractivity contribution < 1.29 is 4.74 Å². The van der Waals surface area contributed by atoms with Gasteiger partial charge in [0.1, 0.15) is 0 Å². The van der Waals surface area contributed by atoms with Crippen LogP contribution in [0.15, 0.2) is 36.4 Å². The molecule has 1 aromatic rings. The van der Waals surface area contributed by atoms with E-state index in [9.17, 15) is 0 Å². The topological polar surface area (TPSA) is 9.23 Å². The molecule has 18 heavy (non-hydrogen) atoms. The molecule has 0 heterocycles. The van der Waals surface area contributed by atoms with Crippen LogP contribution in [0.4, 0.5) is 0 Å². The van der Waals surface area contributed by atoms with Crippen LogP contribution in [0, 0.1) is 5.41 Å². The Labute approximate surface area is 117 Å². The zero-order valence-corrected chi connectivity index (χ0v) is 12.3. The summed E-state index contributed by atoms with van der Waals surface area (Å²) in [6, 6.07) is 10.3. The molecule has 0 atom stereocenters. The molecule has 0 spiro atoms. The predicted octanol–water partition coefficient (Wildman–Crippen LogP) is 4.45. The molecule has 0 bridgehead atoms. The summed E-state index contributed by atoms with van der Waals surface area (Å²) in [6.07, 6.45) is 6.41. The largest absolute Gasteiger partial charge is 0.377 e. The highest BCUT2D eigenvalue weighted by atomic mass is 32.1. The Morgan fingerprint density at radius 3 is 2.39 bits per heavy atom. The van der Waals surface area contributed by atoms with Gasteiger partial charge in [-0.05, 0) is 24.2 Å². The Hall–Kier alpha value is -0.730. The Kier molecular flexibility index (Phi) is 7.14. The molecule has 0 aromatic heterocycles. The van der Waals surface area contributed by atoms with Crippen LogP contribution in [0.3, 0.4) is 0 Å². The van der Waals surface area contributed by atoms with Gasteiger partial charge in [-0.25, -0.2) is 0 Å². The van der Waals surface area contributed by atoms with Crippen LogP contribution >= 0.6 is 12.6 Å². The molecule has 0 aliphatic carbocycles. The molecule has 1 aromatic carbocycles. The molecule has 0 amide bonds. The first kappa shape index (κ1) is 15.3. The van der Waals surface area contributed by atoms with Gasteiger partial charge in [-0.15, -0.1) is 0 Å². The van der Waals surface area contributed by atoms with E-state index in [0.29, 0.717) is 6.61 Å². The molecule has 1 nitrogen and oxygen atoms in total. The van der Waals surface area contributed by atoms with Crippen molar-refractivity contribution in [1.29, 1.82) is 0 Å². The van der Waals surface area contributed by atoms with E-state index in [1.54, 1.807) is 0 Å². The van der Waals surface area contributed by atoms with Gasteiger partial charge in [-0.1, -0.05) is 56.3 Å². The van der Waals surface area contributed by atoms with Gasteiger partial charge >= 0.3 is 0 Å². The van der Waals surface area contributed by atoms with Crippen molar-refractivity contribution in [3.63, 3.8) is 0 Å². The fourth-order valence-electron chi connectivity index (χ4n) is 1.82. The molecule has 0 N–H and O–H groups in total. The van der Waals surface area contributed by atoms with E-state index in [1.165, 1.54) is 5.56 Å². The standard InChI is InChI=1S/C16H24OS/c1-3-16(4-2,14-18)13-17-12-8-11-15-9-6-5-7-10-15/h5-11,18H,3-4,12-14H2,1-2H3. The minimum Gasteiger partial charge on any atom is -0.377 e. The number of hydrogen-bond acceptors (Lipinski definition) is 2. The van der Waals surface area contributed by atoms with E-state index in [0.717, 1.165) is 25.2 Å². The maximum atomic E-state index is 5.76. The van der Waals surface area contributed by atoms with Gasteiger partial charge in [0.15, 0.2) is 0 Å². The number of hydrogen-bond donors (Lipinski definition) is 1. The van der Waals surface area contributed by atoms with E-state index in [-0.39, 0.29) is 5.41 Å². The Morgan fingerprint density at radius 2 is 1.83 bits per heavy atom. The lowest BCUT2D eigenvalue weighted by Crippen LogP contribution is -2.27. The van der Waals surface area contributed by atoms with Gasteiger partial charge in [0.05, 0.1) is 13.2 Å². The van der Waals surface area contributed by atoms with Crippen molar-refractivity contribution in [2.24, 2.45) is 5.41 Å². The van der Waals surface area contributed by atoms with E-state index in [4.69, 9.17) is 4.74 Å². The highest BCUT2D eigenvalue weighted by molar-refractivity contribution is 7.80. The summed E-state index contributed by atoms with van der Waals surface area (Å²) in [4.78, 5) is 0. The first-order valence-electron chi connectivity index (χ1n) is 6.66. The first-order valence-corrected chi connectivity index (χ1v) is 7.30. The van der Waals surface area contributed by atoms with Crippen molar-refractivity contribution in [1.82, 2.24) is 0 Å². The van der Waals surface area contributed by atoms with Crippen LogP contribution in [-0.2, 0) is 4.74 Å². The van der Waals surface area contributed by atoms with E-state index < -0.39 is 0 Å². The molecular weight excluding hydrogens is 240 g/mol. The summed E-state index contributed by atoms with van der Waals surface area (Å²) in [6.45, 7) is 5.89. The summed E-state index contributed by atoms with van der Waals surface area (Å²) >= 11 is 4.45. The van der Waals surface area contributed by atoms with Gasteiger partial charge < -0.3 is 4.74 Å². The molecule has 1 rings (SSSR count). The van der Waals surface area contributed by atoms with Crippen molar-refractivity contribution in [3.8, 4) is 0 Å². The molecule has 100 valence electrons. The molecule has 0 unspecified atom stereocenters. The van der Waals surface area contributed by atoms with Crippen molar-refractivity contribution in [3.05, 3.63) is 42.0 Å². The Bertz CT molecular complexity index is 333. The van der Waals surface area contributed by atoms with Gasteiger partial charge in [0.25, 0.3) is 0 Å². The molecule has 0 aliphatic rings. The number of benzene rings is 1. The van der Waals surface area contributed by atoms with Crippen LogP contribution in [-0.4, -0.2) is 19.0 Å². The second-order valence-corrected chi connectivity index (χ2v) is 5.01. The van der Waals surface area contributed by atoms with E-state index >= 15 is 0 Å². The minimum atomic E-state index is 0.240. The third kappa shape index (κ3) is 4.87. The normalized spacial score (nSPS) is 12.2. The number of rotatable bonds is 8. The average molecular weight is 264 g/mol. The van der Waals surface area contributed by atoms with Crippen molar-refractivity contribution in [2.75, 3.05) is 19.0 Å². The summed E-state index contributed by atoms with van der Waals surface area (Å²) in [5, 5.41) is 0. The maximum absolute atomic E-state index is 5.76. The second kappa shape index (κ2) is 8.39. The van der Waals surface area contributed by atoms with Crippen LogP contribution in [0.25, 0.3) is 6.08 Å². The van der Waals surface area contributed by atoms with E-state index in [2.05, 4.69) is 50.8 Å². The summed E-state index contributed by atoms with van der Waals surface area (Å²) < 4.78 is 5.76. The smallest absolute Gasteiger partial charge is 0.0650 e. The molecule has 2 heteroatoms. The van der Waals surface area contributed by atoms with Crippen LogP contribution in [0.2, 0.25) is 0 Å². The monoisotopic (exact) mass is 264 g/mol. The Balaban J connectivity index is 2.32. The third-order valence-corrected chi connectivity index (χ3v) is 4.24. The SMILES string of the molecule is CCC(CC)(CS)COCC=Cc1ccccc1.